The first kappa shape index (κ1) is 8.48. The average Bonchev–Trinajstić information content (AvgIpc) is 1.96. The third-order valence-corrected chi connectivity index (χ3v) is 1.21. The van der Waals surface area contributed by atoms with Crippen LogP contribution >= 0.6 is 0 Å². The molecule has 0 radical (unpaired) electrons. The van der Waals surface area contributed by atoms with E-state index in [9.17, 15) is 0 Å². The molecule has 0 amide bonds. The molecule has 1 aliphatic rings. The molecular weight excluding hydrogens is 165 g/mol. The zero-order chi connectivity index (χ0) is 6.24. The maximum atomic E-state index is 7.06. The van der Waals surface area contributed by atoms with Crippen LogP contribution in [-0.4, -0.2) is 34.4 Å². The molecule has 0 aromatic rings. The van der Waals surface area contributed by atoms with Crippen LogP contribution < -0.4 is 5.32 Å². The molecule has 2 nitrogen and oxygen atoms in total. The summed E-state index contributed by atoms with van der Waals surface area (Å²) in [6, 6.07) is 0. The first-order valence-electron chi connectivity index (χ1n) is 2.97. The van der Waals surface area contributed by atoms with Crippen LogP contribution in [0.4, 0.5) is 0 Å². The number of hydrogen-bond donors (Lipinski definition) is 2. The van der Waals surface area contributed by atoms with Crippen LogP contribution in [0.3, 0.4) is 0 Å². The van der Waals surface area contributed by atoms with Gasteiger partial charge in [-0.2, -0.15) is 0 Å². The zero-order valence-corrected chi connectivity index (χ0v) is 7.48. The predicted octanol–water partition coefficient (Wildman–Crippen LogP) is -0.713. The van der Waals surface area contributed by atoms with E-state index in [4.69, 9.17) is 4.10 Å². The van der Waals surface area contributed by atoms with Crippen LogP contribution in [0.2, 0.25) is 0 Å². The molecule has 0 saturated carbocycles. The van der Waals surface area contributed by atoms with Gasteiger partial charge in [-0.3, -0.25) is 0 Å². The summed E-state index contributed by atoms with van der Waals surface area (Å²) in [6.07, 6.45) is 4.22. The summed E-state index contributed by atoms with van der Waals surface area (Å²) in [6.45, 7) is 2.50. The van der Waals surface area contributed by atoms with E-state index in [1.54, 1.807) is 0 Å². The summed E-state index contributed by atoms with van der Waals surface area (Å²) < 4.78 is 7.06. The van der Waals surface area contributed by atoms with Crippen molar-refractivity contribution in [2.75, 3.05) is 13.1 Å². The molecule has 0 aromatic heterocycles. The van der Waals surface area contributed by atoms with Crippen molar-refractivity contribution in [3.8, 4) is 0 Å². The fraction of sp³-hybridized carbons (Fsp3) is 1.00. The standard InChI is InChI=1S/C5H11N.AsH3O/c1-2-4-6-5-3-1;1-2/h6H,1-5H2;2H,1H2. The summed E-state index contributed by atoms with van der Waals surface area (Å²) in [5.41, 5.74) is 0. The molecule has 0 bridgehead atoms. The molecule has 2 N–H and O–H groups in total. The molecule has 50 valence electrons. The Labute approximate surface area is 59.5 Å². The van der Waals surface area contributed by atoms with Crippen molar-refractivity contribution in [1.29, 1.82) is 0 Å². The average molecular weight is 179 g/mol. The molecule has 1 aliphatic heterocycles. The quantitative estimate of drug-likeness (QED) is 0.481. The zero-order valence-electron chi connectivity index (χ0n) is 5.06. The Balaban J connectivity index is 0.000000222. The van der Waals surface area contributed by atoms with Gasteiger partial charge in [0.2, 0.25) is 0 Å². The van der Waals surface area contributed by atoms with Crippen LogP contribution in [0.5, 0.6) is 0 Å². The summed E-state index contributed by atoms with van der Waals surface area (Å²) in [5, 5.41) is 3.28. The third-order valence-electron chi connectivity index (χ3n) is 1.21. The molecule has 0 aromatic carbocycles. The van der Waals surface area contributed by atoms with E-state index in [1.807, 2.05) is 0 Å². The van der Waals surface area contributed by atoms with Gasteiger partial charge in [0.15, 0.2) is 0 Å². The first-order valence-corrected chi connectivity index (χ1v) is 4.05. The summed E-state index contributed by atoms with van der Waals surface area (Å²) in [4.78, 5) is 0. The van der Waals surface area contributed by atoms with E-state index < -0.39 is 0 Å². The van der Waals surface area contributed by atoms with Crippen LogP contribution in [0.15, 0.2) is 0 Å². The molecule has 8 heavy (non-hydrogen) atoms. The van der Waals surface area contributed by atoms with E-state index in [-0.39, 0.29) is 0 Å². The van der Waals surface area contributed by atoms with Crippen molar-refractivity contribution in [3.05, 3.63) is 0 Å². The fourth-order valence-electron chi connectivity index (χ4n) is 0.802. The topological polar surface area (TPSA) is 32.3 Å². The molecular formula is C5H14AsNO. The Hall–Kier alpha value is 0.478. The van der Waals surface area contributed by atoms with Crippen molar-refractivity contribution in [2.24, 2.45) is 0 Å². The Kier molecular flexibility index (Phi) is 7.93. The van der Waals surface area contributed by atoms with Gasteiger partial charge in [0.1, 0.15) is 0 Å². The van der Waals surface area contributed by atoms with Gasteiger partial charge in [-0.1, -0.05) is 6.42 Å². The molecule has 1 atom stereocenters. The van der Waals surface area contributed by atoms with Crippen LogP contribution in [0.1, 0.15) is 19.3 Å². The van der Waals surface area contributed by atoms with Gasteiger partial charge in [0, 0.05) is 0 Å². The van der Waals surface area contributed by atoms with E-state index in [0.29, 0.717) is 17.2 Å². The van der Waals surface area contributed by atoms with Gasteiger partial charge >= 0.3 is 21.3 Å². The monoisotopic (exact) mass is 179 g/mol. The van der Waals surface area contributed by atoms with Crippen LogP contribution in [-0.2, 0) is 0 Å². The van der Waals surface area contributed by atoms with Crippen LogP contribution in [0, 0.1) is 0 Å². The first-order chi connectivity index (χ1) is 4.00. The third kappa shape index (κ3) is 4.63. The molecule has 1 heterocycles. The normalized spacial score (nSPS) is 18.8. The van der Waals surface area contributed by atoms with Gasteiger partial charge in [-0.25, -0.2) is 0 Å². The van der Waals surface area contributed by atoms with Crippen LogP contribution in [0.25, 0.3) is 0 Å². The Morgan fingerprint density at radius 1 is 1.00 bits per heavy atom. The molecule has 1 unspecified atom stereocenters. The SMILES string of the molecule is C1CCNCC1.O[AsH2]. The molecule has 3 heteroatoms. The van der Waals surface area contributed by atoms with Crippen molar-refractivity contribution >= 4 is 17.2 Å². The minimum absolute atomic E-state index is 0.688. The maximum absolute atomic E-state index is 7.06. The molecule has 1 fully saturated rings. The van der Waals surface area contributed by atoms with Gasteiger partial charge in [0.05, 0.1) is 0 Å². The minimum atomic E-state index is 0.688. The number of nitrogens with one attached hydrogen (secondary N) is 1. The van der Waals surface area contributed by atoms with E-state index in [0.717, 1.165) is 0 Å². The Bertz CT molecular complexity index is 27.9. The summed E-state index contributed by atoms with van der Waals surface area (Å²) >= 11 is 0.688. The van der Waals surface area contributed by atoms with E-state index in [2.05, 4.69) is 5.32 Å². The Morgan fingerprint density at radius 2 is 1.50 bits per heavy atom. The van der Waals surface area contributed by atoms with Crippen molar-refractivity contribution in [3.63, 3.8) is 0 Å². The number of rotatable bonds is 0. The molecule has 1 saturated heterocycles. The second-order valence-electron chi connectivity index (χ2n) is 1.81. The van der Waals surface area contributed by atoms with E-state index in [1.165, 1.54) is 32.4 Å². The number of hydrogen-bond acceptors (Lipinski definition) is 2. The van der Waals surface area contributed by atoms with Crippen molar-refractivity contribution < 1.29 is 4.10 Å². The van der Waals surface area contributed by atoms with Gasteiger partial charge in [-0.15, -0.1) is 0 Å². The van der Waals surface area contributed by atoms with Crippen molar-refractivity contribution in [2.45, 2.75) is 19.3 Å². The predicted molar refractivity (Wildman–Crippen MR) is 37.5 cm³/mol. The fourth-order valence-corrected chi connectivity index (χ4v) is 0.802. The van der Waals surface area contributed by atoms with Crippen molar-refractivity contribution in [1.82, 2.24) is 5.32 Å². The Morgan fingerprint density at radius 3 is 1.62 bits per heavy atom. The second-order valence-corrected chi connectivity index (χ2v) is 1.81. The van der Waals surface area contributed by atoms with Gasteiger partial charge in [0.25, 0.3) is 0 Å². The second kappa shape index (κ2) is 7.48. The van der Waals surface area contributed by atoms with Gasteiger partial charge in [-0.05, 0) is 25.9 Å². The van der Waals surface area contributed by atoms with E-state index >= 15 is 0 Å². The van der Waals surface area contributed by atoms with Gasteiger partial charge < -0.3 is 5.32 Å². The summed E-state index contributed by atoms with van der Waals surface area (Å²) in [5.74, 6) is 0. The molecule has 0 spiro atoms. The number of piperidine rings is 1. The molecule has 1 rings (SSSR count). The summed E-state index contributed by atoms with van der Waals surface area (Å²) in [7, 11) is 0. The molecule has 0 aliphatic carbocycles.